The lowest BCUT2D eigenvalue weighted by Crippen LogP contribution is -2.46. The van der Waals surface area contributed by atoms with Crippen LogP contribution in [-0.2, 0) is 6.54 Å². The van der Waals surface area contributed by atoms with Crippen molar-refractivity contribution in [1.29, 1.82) is 0 Å². The second kappa shape index (κ2) is 6.25. The number of rotatable bonds is 4. The van der Waals surface area contributed by atoms with E-state index in [1.54, 1.807) is 6.07 Å². The van der Waals surface area contributed by atoms with Gasteiger partial charge in [-0.25, -0.2) is 0 Å². The van der Waals surface area contributed by atoms with Gasteiger partial charge < -0.3 is 15.2 Å². The Bertz CT molecular complexity index is 410. The molecule has 1 fully saturated rings. The molecule has 0 radical (unpaired) electrons. The maximum absolute atomic E-state index is 12.2. The lowest BCUT2D eigenvalue weighted by Gasteiger charge is -2.24. The number of carbonyl (C=O) groups is 1. The average molecular weight is 270 g/mol. The molecule has 1 atom stereocenters. The first-order valence-corrected chi connectivity index (χ1v) is 6.95. The lowest BCUT2D eigenvalue weighted by atomic mass is 10.1. The van der Waals surface area contributed by atoms with Crippen molar-refractivity contribution >= 4 is 17.5 Å². The first kappa shape index (κ1) is 13.4. The Morgan fingerprint density at radius 2 is 2.50 bits per heavy atom. The predicted octanol–water partition coefficient (Wildman–Crippen LogP) is 2.03. The van der Waals surface area contributed by atoms with E-state index in [2.05, 4.69) is 17.6 Å². The van der Waals surface area contributed by atoms with Gasteiger partial charge in [0.2, 0.25) is 0 Å². The Labute approximate surface area is 113 Å². The topological polar surface area (TPSA) is 46.1 Å². The molecule has 1 aromatic heterocycles. The van der Waals surface area contributed by atoms with Crippen LogP contribution in [-0.4, -0.2) is 29.6 Å². The van der Waals surface area contributed by atoms with Gasteiger partial charge in [-0.3, -0.25) is 4.79 Å². The van der Waals surface area contributed by atoms with Crippen LogP contribution in [0.3, 0.4) is 0 Å². The van der Waals surface area contributed by atoms with Gasteiger partial charge in [-0.15, -0.1) is 0 Å². The Morgan fingerprint density at radius 1 is 1.67 bits per heavy atom. The molecule has 100 valence electrons. The van der Waals surface area contributed by atoms with Gasteiger partial charge in [0.15, 0.2) is 0 Å². The van der Waals surface area contributed by atoms with Crippen molar-refractivity contribution in [3.05, 3.63) is 23.0 Å². The monoisotopic (exact) mass is 269 g/mol. The molecule has 1 aliphatic heterocycles. The summed E-state index contributed by atoms with van der Waals surface area (Å²) in [5, 5.41) is 6.98. The Morgan fingerprint density at radius 3 is 3.17 bits per heavy atom. The van der Waals surface area contributed by atoms with Gasteiger partial charge in [-0.05, 0) is 31.9 Å². The third-order valence-electron chi connectivity index (χ3n) is 3.19. The van der Waals surface area contributed by atoms with Crippen LogP contribution in [0, 0.1) is 0 Å². The molecule has 1 saturated heterocycles. The molecule has 2 heterocycles. The van der Waals surface area contributed by atoms with Crippen LogP contribution < -0.4 is 10.6 Å². The predicted molar refractivity (Wildman–Crippen MR) is 73.1 cm³/mol. The number of piperidine rings is 1. The molecule has 0 spiro atoms. The standard InChI is InChI=1S/C13H20ClN3O/c1-2-6-17-9-10(14)7-12(17)13(18)16-11-4-3-5-15-8-11/h7,9,11,15H,2-6,8H2,1H3,(H,16,18). The van der Waals surface area contributed by atoms with Crippen LogP contribution in [0.25, 0.3) is 0 Å². The summed E-state index contributed by atoms with van der Waals surface area (Å²) in [5.41, 5.74) is 0.660. The molecular weight excluding hydrogens is 250 g/mol. The van der Waals surface area contributed by atoms with Gasteiger partial charge in [0.25, 0.3) is 5.91 Å². The SMILES string of the molecule is CCCn1cc(Cl)cc1C(=O)NC1CCCNC1. The third kappa shape index (κ3) is 3.27. The maximum Gasteiger partial charge on any atom is 0.268 e. The number of amides is 1. The summed E-state index contributed by atoms with van der Waals surface area (Å²) in [4.78, 5) is 12.2. The summed E-state index contributed by atoms with van der Waals surface area (Å²) in [7, 11) is 0. The highest BCUT2D eigenvalue weighted by atomic mass is 35.5. The normalized spacial score (nSPS) is 19.8. The molecule has 0 aliphatic carbocycles. The number of hydrogen-bond acceptors (Lipinski definition) is 2. The Kier molecular flexibility index (Phi) is 4.66. The summed E-state index contributed by atoms with van der Waals surface area (Å²) >= 11 is 5.97. The molecule has 1 aliphatic rings. The van der Waals surface area contributed by atoms with Crippen molar-refractivity contribution in [1.82, 2.24) is 15.2 Å². The molecule has 0 aromatic carbocycles. The van der Waals surface area contributed by atoms with Gasteiger partial charge in [-0.1, -0.05) is 18.5 Å². The largest absolute Gasteiger partial charge is 0.347 e. The summed E-state index contributed by atoms with van der Waals surface area (Å²) < 4.78 is 1.92. The van der Waals surface area contributed by atoms with E-state index in [0.717, 1.165) is 38.9 Å². The highest BCUT2D eigenvalue weighted by molar-refractivity contribution is 6.31. The molecule has 2 rings (SSSR count). The first-order valence-electron chi connectivity index (χ1n) is 6.58. The highest BCUT2D eigenvalue weighted by Crippen LogP contribution is 2.15. The van der Waals surface area contributed by atoms with E-state index < -0.39 is 0 Å². The quantitative estimate of drug-likeness (QED) is 0.879. The van der Waals surface area contributed by atoms with Crippen molar-refractivity contribution in [3.8, 4) is 0 Å². The van der Waals surface area contributed by atoms with E-state index in [0.29, 0.717) is 10.7 Å². The van der Waals surface area contributed by atoms with Crippen molar-refractivity contribution in [3.63, 3.8) is 0 Å². The first-order chi connectivity index (χ1) is 8.70. The molecule has 0 bridgehead atoms. The Balaban J connectivity index is 2.03. The fraction of sp³-hybridized carbons (Fsp3) is 0.615. The van der Waals surface area contributed by atoms with Crippen LogP contribution in [0.5, 0.6) is 0 Å². The molecular formula is C13H20ClN3O. The third-order valence-corrected chi connectivity index (χ3v) is 3.40. The molecule has 1 unspecified atom stereocenters. The fourth-order valence-electron chi connectivity index (χ4n) is 2.33. The van der Waals surface area contributed by atoms with Crippen molar-refractivity contribution in [2.75, 3.05) is 13.1 Å². The summed E-state index contributed by atoms with van der Waals surface area (Å²) in [6.45, 7) is 4.80. The maximum atomic E-state index is 12.2. The van der Waals surface area contributed by atoms with E-state index in [4.69, 9.17) is 11.6 Å². The second-order valence-electron chi connectivity index (χ2n) is 4.75. The number of hydrogen-bond donors (Lipinski definition) is 2. The minimum atomic E-state index is -0.0240. The highest BCUT2D eigenvalue weighted by Gasteiger charge is 2.18. The van der Waals surface area contributed by atoms with E-state index in [1.807, 2.05) is 10.8 Å². The fourth-order valence-corrected chi connectivity index (χ4v) is 2.55. The lowest BCUT2D eigenvalue weighted by molar-refractivity contribution is 0.0921. The van der Waals surface area contributed by atoms with Crippen LogP contribution in [0.2, 0.25) is 5.02 Å². The minimum absolute atomic E-state index is 0.0240. The second-order valence-corrected chi connectivity index (χ2v) is 5.19. The molecule has 5 heteroatoms. The summed E-state index contributed by atoms with van der Waals surface area (Å²) in [6, 6.07) is 1.97. The van der Waals surface area contributed by atoms with E-state index in [-0.39, 0.29) is 11.9 Å². The number of nitrogens with zero attached hydrogens (tertiary/aromatic N) is 1. The number of aryl methyl sites for hydroxylation is 1. The zero-order valence-corrected chi connectivity index (χ0v) is 11.5. The zero-order valence-electron chi connectivity index (χ0n) is 10.7. The van der Waals surface area contributed by atoms with Crippen LogP contribution >= 0.6 is 11.6 Å². The van der Waals surface area contributed by atoms with Gasteiger partial charge in [0, 0.05) is 25.3 Å². The van der Waals surface area contributed by atoms with Crippen molar-refractivity contribution in [2.24, 2.45) is 0 Å². The number of aromatic nitrogens is 1. The molecule has 18 heavy (non-hydrogen) atoms. The summed E-state index contributed by atoms with van der Waals surface area (Å²) in [6.07, 6.45) is 4.96. The Hall–Kier alpha value is -1.00. The van der Waals surface area contributed by atoms with Gasteiger partial charge in [-0.2, -0.15) is 0 Å². The molecule has 2 N–H and O–H groups in total. The van der Waals surface area contributed by atoms with Gasteiger partial charge in [0.1, 0.15) is 5.69 Å². The van der Waals surface area contributed by atoms with Gasteiger partial charge >= 0.3 is 0 Å². The van der Waals surface area contributed by atoms with E-state index in [1.165, 1.54) is 0 Å². The molecule has 4 nitrogen and oxygen atoms in total. The number of carbonyl (C=O) groups excluding carboxylic acids is 1. The molecule has 1 aromatic rings. The number of nitrogens with one attached hydrogen (secondary N) is 2. The summed E-state index contributed by atoms with van der Waals surface area (Å²) in [5.74, 6) is -0.0240. The van der Waals surface area contributed by atoms with E-state index >= 15 is 0 Å². The minimum Gasteiger partial charge on any atom is -0.347 e. The number of halogens is 1. The van der Waals surface area contributed by atoms with E-state index in [9.17, 15) is 4.79 Å². The molecule has 0 saturated carbocycles. The van der Waals surface area contributed by atoms with Crippen LogP contribution in [0.1, 0.15) is 36.7 Å². The van der Waals surface area contributed by atoms with Crippen molar-refractivity contribution < 1.29 is 4.79 Å². The van der Waals surface area contributed by atoms with Crippen LogP contribution in [0.4, 0.5) is 0 Å². The van der Waals surface area contributed by atoms with Crippen LogP contribution in [0.15, 0.2) is 12.3 Å². The average Bonchev–Trinajstić information content (AvgIpc) is 2.72. The molecule has 1 amide bonds. The van der Waals surface area contributed by atoms with Gasteiger partial charge in [0.05, 0.1) is 5.02 Å². The smallest absolute Gasteiger partial charge is 0.268 e. The zero-order chi connectivity index (χ0) is 13.0. The van der Waals surface area contributed by atoms with Crippen molar-refractivity contribution in [2.45, 2.75) is 38.8 Å².